The highest BCUT2D eigenvalue weighted by Gasteiger charge is 2.16. The van der Waals surface area contributed by atoms with Crippen LogP contribution in [0.5, 0.6) is 0 Å². The average molecular weight is 278 g/mol. The van der Waals surface area contributed by atoms with Crippen LogP contribution in [-0.2, 0) is 6.61 Å². The SMILES string of the molecule is CN(c1cccc(C#N)c1)c1nc2ccccn2c1CO. The first-order valence-electron chi connectivity index (χ1n) is 6.55. The van der Waals surface area contributed by atoms with Crippen LogP contribution in [0, 0.1) is 11.3 Å². The molecule has 1 N–H and O–H groups in total. The fourth-order valence-electron chi connectivity index (χ4n) is 2.36. The first kappa shape index (κ1) is 13.2. The number of benzene rings is 1. The number of fused-ring (bicyclic) bond motifs is 1. The van der Waals surface area contributed by atoms with Crippen LogP contribution in [-0.4, -0.2) is 21.5 Å². The summed E-state index contributed by atoms with van der Waals surface area (Å²) in [5, 5.41) is 18.7. The second-order valence-corrected chi connectivity index (χ2v) is 4.69. The summed E-state index contributed by atoms with van der Waals surface area (Å²) in [4.78, 5) is 6.44. The number of aliphatic hydroxyl groups is 1. The summed E-state index contributed by atoms with van der Waals surface area (Å²) in [5.74, 6) is 0.679. The summed E-state index contributed by atoms with van der Waals surface area (Å²) in [6.45, 7) is -0.108. The molecule has 0 spiro atoms. The standard InChI is InChI=1S/C16H14N4O/c1-19(13-6-4-5-12(9-13)10-17)16-14(11-21)20-8-3-2-7-15(20)18-16/h2-9,21H,11H2,1H3. The number of anilines is 2. The minimum Gasteiger partial charge on any atom is -0.390 e. The highest BCUT2D eigenvalue weighted by atomic mass is 16.3. The molecule has 0 amide bonds. The summed E-state index contributed by atoms with van der Waals surface area (Å²) in [6.07, 6.45) is 1.87. The maximum Gasteiger partial charge on any atom is 0.157 e. The molecule has 0 atom stereocenters. The molecule has 104 valence electrons. The highest BCUT2D eigenvalue weighted by molar-refractivity contribution is 5.66. The number of aromatic nitrogens is 2. The van der Waals surface area contributed by atoms with Gasteiger partial charge in [0.15, 0.2) is 5.82 Å². The zero-order valence-electron chi connectivity index (χ0n) is 11.6. The number of rotatable bonds is 3. The monoisotopic (exact) mass is 278 g/mol. The Morgan fingerprint density at radius 1 is 1.29 bits per heavy atom. The zero-order valence-corrected chi connectivity index (χ0v) is 11.6. The zero-order chi connectivity index (χ0) is 14.8. The molecule has 0 unspecified atom stereocenters. The largest absolute Gasteiger partial charge is 0.390 e. The smallest absolute Gasteiger partial charge is 0.157 e. The Bertz CT molecular complexity index is 832. The summed E-state index contributed by atoms with van der Waals surface area (Å²) in [5.41, 5.74) is 2.94. The Labute approximate surface area is 122 Å². The molecule has 2 heterocycles. The van der Waals surface area contributed by atoms with E-state index >= 15 is 0 Å². The third-order valence-corrected chi connectivity index (χ3v) is 3.44. The molecule has 3 aromatic rings. The third kappa shape index (κ3) is 2.22. The van der Waals surface area contributed by atoms with Gasteiger partial charge in [-0.1, -0.05) is 12.1 Å². The Balaban J connectivity index is 2.13. The van der Waals surface area contributed by atoms with Crippen molar-refractivity contribution in [3.8, 4) is 6.07 Å². The van der Waals surface area contributed by atoms with Crippen LogP contribution < -0.4 is 4.90 Å². The summed E-state index contributed by atoms with van der Waals surface area (Å²) in [7, 11) is 1.87. The molecule has 0 aliphatic carbocycles. The fourth-order valence-corrected chi connectivity index (χ4v) is 2.36. The number of nitrogens with zero attached hydrogens (tertiary/aromatic N) is 4. The van der Waals surface area contributed by atoms with Crippen molar-refractivity contribution in [3.63, 3.8) is 0 Å². The van der Waals surface area contributed by atoms with E-state index in [1.807, 2.05) is 52.9 Å². The van der Waals surface area contributed by atoms with Gasteiger partial charge in [0.05, 0.1) is 23.9 Å². The first-order chi connectivity index (χ1) is 10.2. The van der Waals surface area contributed by atoms with Gasteiger partial charge in [-0.25, -0.2) is 4.98 Å². The van der Waals surface area contributed by atoms with Gasteiger partial charge in [0.2, 0.25) is 0 Å². The molecule has 5 nitrogen and oxygen atoms in total. The van der Waals surface area contributed by atoms with Crippen molar-refractivity contribution in [2.45, 2.75) is 6.61 Å². The van der Waals surface area contributed by atoms with Crippen molar-refractivity contribution in [1.82, 2.24) is 9.38 Å². The van der Waals surface area contributed by atoms with Crippen molar-refractivity contribution in [2.75, 3.05) is 11.9 Å². The normalized spacial score (nSPS) is 10.5. The Morgan fingerprint density at radius 3 is 2.90 bits per heavy atom. The molecule has 0 fully saturated rings. The second-order valence-electron chi connectivity index (χ2n) is 4.69. The van der Waals surface area contributed by atoms with Crippen molar-refractivity contribution in [1.29, 1.82) is 5.26 Å². The van der Waals surface area contributed by atoms with Crippen molar-refractivity contribution in [2.24, 2.45) is 0 Å². The predicted octanol–water partition coefficient (Wildman–Crippen LogP) is 2.47. The van der Waals surface area contributed by atoms with Crippen LogP contribution in [0.4, 0.5) is 11.5 Å². The number of hydrogen-bond acceptors (Lipinski definition) is 4. The Hall–Kier alpha value is -2.84. The number of pyridine rings is 1. The molecule has 21 heavy (non-hydrogen) atoms. The molecule has 1 aromatic carbocycles. The van der Waals surface area contributed by atoms with E-state index in [0.717, 1.165) is 17.0 Å². The molecular formula is C16H14N4O. The van der Waals surface area contributed by atoms with Crippen molar-refractivity contribution < 1.29 is 5.11 Å². The van der Waals surface area contributed by atoms with Crippen LogP contribution in [0.3, 0.4) is 0 Å². The molecule has 0 aliphatic heterocycles. The van der Waals surface area contributed by atoms with Gasteiger partial charge >= 0.3 is 0 Å². The molecule has 3 rings (SSSR count). The van der Waals surface area contributed by atoms with Crippen LogP contribution in [0.15, 0.2) is 48.7 Å². The van der Waals surface area contributed by atoms with Crippen LogP contribution in [0.2, 0.25) is 0 Å². The Kier molecular flexibility index (Phi) is 3.30. The predicted molar refractivity (Wildman–Crippen MR) is 80.3 cm³/mol. The van der Waals surface area contributed by atoms with Crippen LogP contribution in [0.25, 0.3) is 5.65 Å². The average Bonchev–Trinajstić information content (AvgIpc) is 2.92. The fraction of sp³-hybridized carbons (Fsp3) is 0.125. The molecule has 0 aliphatic rings. The van der Waals surface area contributed by atoms with Gasteiger partial charge < -0.3 is 10.0 Å². The van der Waals surface area contributed by atoms with Gasteiger partial charge in [-0.3, -0.25) is 4.40 Å². The molecular weight excluding hydrogens is 264 g/mol. The van der Waals surface area contributed by atoms with Gasteiger partial charge in [0, 0.05) is 18.9 Å². The van der Waals surface area contributed by atoms with Crippen LogP contribution >= 0.6 is 0 Å². The summed E-state index contributed by atoms with van der Waals surface area (Å²) < 4.78 is 1.86. The maximum atomic E-state index is 9.66. The number of hydrogen-bond donors (Lipinski definition) is 1. The van der Waals surface area contributed by atoms with Gasteiger partial charge in [-0.2, -0.15) is 5.26 Å². The minimum absolute atomic E-state index is 0.108. The number of nitriles is 1. The van der Waals surface area contributed by atoms with E-state index in [1.54, 1.807) is 12.1 Å². The topological polar surface area (TPSA) is 64.6 Å². The van der Waals surface area contributed by atoms with Gasteiger partial charge in [-0.05, 0) is 30.3 Å². The lowest BCUT2D eigenvalue weighted by molar-refractivity contribution is 0.276. The molecule has 0 saturated heterocycles. The third-order valence-electron chi connectivity index (χ3n) is 3.44. The molecule has 2 aromatic heterocycles. The van der Waals surface area contributed by atoms with E-state index in [9.17, 15) is 5.11 Å². The van der Waals surface area contributed by atoms with Crippen LogP contribution in [0.1, 0.15) is 11.3 Å². The van der Waals surface area contributed by atoms with Gasteiger partial charge in [0.25, 0.3) is 0 Å². The Morgan fingerprint density at radius 2 is 2.14 bits per heavy atom. The molecule has 5 heteroatoms. The second kappa shape index (κ2) is 5.27. The first-order valence-corrected chi connectivity index (χ1v) is 6.55. The van der Waals surface area contributed by atoms with Gasteiger partial charge in [0.1, 0.15) is 5.65 Å². The maximum absolute atomic E-state index is 9.66. The van der Waals surface area contributed by atoms with E-state index in [2.05, 4.69) is 11.1 Å². The molecule has 0 radical (unpaired) electrons. The lowest BCUT2D eigenvalue weighted by atomic mass is 10.2. The minimum atomic E-state index is -0.108. The molecule has 0 saturated carbocycles. The molecule has 0 bridgehead atoms. The van der Waals surface area contributed by atoms with E-state index in [4.69, 9.17) is 5.26 Å². The van der Waals surface area contributed by atoms with E-state index in [0.29, 0.717) is 11.4 Å². The lowest BCUT2D eigenvalue weighted by Crippen LogP contribution is -2.12. The summed E-state index contributed by atoms with van der Waals surface area (Å²) >= 11 is 0. The van der Waals surface area contributed by atoms with Gasteiger partial charge in [-0.15, -0.1) is 0 Å². The van der Waals surface area contributed by atoms with Crippen molar-refractivity contribution in [3.05, 3.63) is 59.9 Å². The van der Waals surface area contributed by atoms with Crippen molar-refractivity contribution >= 4 is 17.2 Å². The van der Waals surface area contributed by atoms with E-state index in [1.165, 1.54) is 0 Å². The number of imidazole rings is 1. The number of aliphatic hydroxyl groups excluding tert-OH is 1. The lowest BCUT2D eigenvalue weighted by Gasteiger charge is -2.18. The van der Waals surface area contributed by atoms with E-state index in [-0.39, 0.29) is 6.61 Å². The van der Waals surface area contributed by atoms with E-state index < -0.39 is 0 Å². The highest BCUT2D eigenvalue weighted by Crippen LogP contribution is 2.27. The quantitative estimate of drug-likeness (QED) is 0.799. The summed E-state index contributed by atoms with van der Waals surface area (Å²) in [6, 6.07) is 15.1.